The molecular formula is C44H22B3NO2S. The fraction of sp³-hybridized carbons (Fsp3) is 0.0227. The number of nitriles is 1. The summed E-state index contributed by atoms with van der Waals surface area (Å²) in [6.07, 6.45) is 0. The molecule has 0 saturated heterocycles. The van der Waals surface area contributed by atoms with E-state index in [0.717, 1.165) is 59.1 Å². The van der Waals surface area contributed by atoms with E-state index in [2.05, 4.69) is 78.9 Å². The zero-order valence-electron chi connectivity index (χ0n) is 27.1. The summed E-state index contributed by atoms with van der Waals surface area (Å²) in [6.45, 7) is 0. The van der Waals surface area contributed by atoms with Crippen molar-refractivity contribution >= 4 is 71.4 Å². The fourth-order valence-electron chi connectivity index (χ4n) is 8.50. The number of ether oxygens (including phenoxy) is 1. The number of phenolic OH excluding ortho intramolecular Hbond substituents is 1. The van der Waals surface area contributed by atoms with Crippen molar-refractivity contribution in [1.29, 1.82) is 5.26 Å². The van der Waals surface area contributed by atoms with Gasteiger partial charge in [0.05, 0.1) is 17.0 Å². The van der Waals surface area contributed by atoms with Gasteiger partial charge in [0, 0.05) is 48.0 Å². The Hall–Kier alpha value is -5.96. The third-order valence-corrected chi connectivity index (χ3v) is 11.8. The van der Waals surface area contributed by atoms with Crippen LogP contribution in [-0.4, -0.2) is 28.6 Å². The number of fused-ring (bicyclic) bond motifs is 12. The molecule has 0 amide bonds. The smallest absolute Gasteiger partial charge is 0.140 e. The molecular weight excluding hydrogens is 639 g/mol. The molecule has 7 aromatic carbocycles. The molecule has 10 rings (SSSR count). The van der Waals surface area contributed by atoms with Crippen LogP contribution < -0.4 is 21.1 Å². The molecule has 1 spiro atoms. The number of aromatic hydroxyl groups is 1. The van der Waals surface area contributed by atoms with Gasteiger partial charge in [-0.15, -0.1) is 11.3 Å². The van der Waals surface area contributed by atoms with Crippen LogP contribution in [-0.2, 0) is 5.41 Å². The summed E-state index contributed by atoms with van der Waals surface area (Å²) >= 11 is 1.63. The Morgan fingerprint density at radius 2 is 1.22 bits per heavy atom. The van der Waals surface area contributed by atoms with Crippen molar-refractivity contribution in [2.75, 3.05) is 0 Å². The number of hydrogen-bond acceptors (Lipinski definition) is 4. The second-order valence-electron chi connectivity index (χ2n) is 13.1. The first-order chi connectivity index (χ1) is 24.9. The van der Waals surface area contributed by atoms with Gasteiger partial charge in [0.2, 0.25) is 0 Å². The Morgan fingerprint density at radius 3 is 1.96 bits per heavy atom. The van der Waals surface area contributed by atoms with E-state index < -0.39 is 5.41 Å². The van der Waals surface area contributed by atoms with Gasteiger partial charge in [0.15, 0.2) is 0 Å². The summed E-state index contributed by atoms with van der Waals surface area (Å²) in [5.74, 6) is 1.01. The molecule has 8 aromatic rings. The van der Waals surface area contributed by atoms with Crippen LogP contribution in [0.25, 0.3) is 53.6 Å². The van der Waals surface area contributed by atoms with Crippen molar-refractivity contribution in [3.63, 3.8) is 0 Å². The minimum Gasteiger partial charge on any atom is -0.508 e. The van der Waals surface area contributed by atoms with Crippen LogP contribution in [0.4, 0.5) is 0 Å². The molecule has 2 aliphatic rings. The van der Waals surface area contributed by atoms with E-state index in [1.165, 1.54) is 0 Å². The average molecular weight is 661 g/mol. The van der Waals surface area contributed by atoms with Gasteiger partial charge in [-0.3, -0.25) is 0 Å². The maximum atomic E-state index is 11.7. The van der Waals surface area contributed by atoms with E-state index in [4.69, 9.17) is 28.3 Å². The highest BCUT2D eigenvalue weighted by Gasteiger charge is 2.51. The lowest BCUT2D eigenvalue weighted by molar-refractivity contribution is 0.438. The largest absolute Gasteiger partial charge is 0.508 e. The number of para-hydroxylation sites is 1. The minimum absolute atomic E-state index is 0.00547. The van der Waals surface area contributed by atoms with Crippen LogP contribution >= 0.6 is 11.3 Å². The fourth-order valence-corrected chi connectivity index (χ4v) is 9.73. The molecule has 0 unspecified atom stereocenters. The predicted octanol–water partition coefficient (Wildman–Crippen LogP) is 7.82. The normalized spacial score (nSPS) is 13.3. The summed E-state index contributed by atoms with van der Waals surface area (Å²) in [6, 6.07) is 45.1. The zero-order valence-corrected chi connectivity index (χ0v) is 27.9. The predicted molar refractivity (Wildman–Crippen MR) is 210 cm³/mol. The highest BCUT2D eigenvalue weighted by atomic mass is 32.1. The molecule has 3 nitrogen and oxygen atoms in total. The van der Waals surface area contributed by atoms with Crippen molar-refractivity contribution in [3.8, 4) is 56.7 Å². The number of thiophene rings is 1. The molecule has 0 atom stereocenters. The van der Waals surface area contributed by atoms with Crippen molar-refractivity contribution in [1.82, 2.24) is 0 Å². The van der Waals surface area contributed by atoms with Crippen molar-refractivity contribution < 1.29 is 9.84 Å². The van der Waals surface area contributed by atoms with Gasteiger partial charge < -0.3 is 9.84 Å². The summed E-state index contributed by atoms with van der Waals surface area (Å²) in [5.41, 5.74) is 8.18. The first-order valence-electron chi connectivity index (χ1n) is 16.6. The first kappa shape index (κ1) is 29.9. The second kappa shape index (κ2) is 10.8. The Bertz CT molecular complexity index is 2820. The molecule has 2 heterocycles. The number of nitrogens with zero attached hydrogens (tertiary/aromatic N) is 1. The monoisotopic (exact) mass is 661 g/mol. The van der Waals surface area contributed by atoms with Crippen LogP contribution in [0, 0.1) is 11.3 Å². The molecule has 1 aromatic heterocycles. The van der Waals surface area contributed by atoms with E-state index in [1.54, 1.807) is 17.4 Å². The van der Waals surface area contributed by atoms with Gasteiger partial charge in [0.25, 0.3) is 0 Å². The topological polar surface area (TPSA) is 53.2 Å². The summed E-state index contributed by atoms with van der Waals surface area (Å²) in [5, 5.41) is 24.4. The molecule has 6 radical (unpaired) electrons. The van der Waals surface area contributed by atoms with E-state index >= 15 is 0 Å². The lowest BCUT2D eigenvalue weighted by Gasteiger charge is -2.40. The van der Waals surface area contributed by atoms with Gasteiger partial charge in [-0.2, -0.15) is 5.26 Å². The lowest BCUT2D eigenvalue weighted by atomic mass is 9.63. The van der Waals surface area contributed by atoms with E-state index in [-0.39, 0.29) is 22.1 Å². The van der Waals surface area contributed by atoms with Crippen molar-refractivity contribution in [3.05, 3.63) is 155 Å². The molecule has 230 valence electrons. The third kappa shape index (κ3) is 3.86. The van der Waals surface area contributed by atoms with Gasteiger partial charge in [0.1, 0.15) is 40.8 Å². The minimum atomic E-state index is -0.809. The van der Waals surface area contributed by atoms with Crippen LogP contribution in [0.1, 0.15) is 27.8 Å². The molecule has 7 heteroatoms. The molecule has 1 aliphatic heterocycles. The average Bonchev–Trinajstić information content (AvgIpc) is 3.69. The second-order valence-corrected chi connectivity index (χ2v) is 14.1. The standard InChI is InChI=1S/C44H22B3NO2S/c45-38-36(39(46)40(47)41(49)37(38)28-14-9-13-27-26-12-3-8-19-35(26)51-43(27)28)29-20-23(22-48)21-33-42(29)50-34-18-7-6-17-32(34)44(33)30-15-4-1-10-24(30)25-11-2-5-16-31(25)44/h1-21,49H. The Balaban J connectivity index is 1.33. The van der Waals surface area contributed by atoms with Crippen molar-refractivity contribution in [2.45, 2.75) is 5.41 Å². The van der Waals surface area contributed by atoms with Gasteiger partial charge >= 0.3 is 0 Å². The molecule has 0 fully saturated rings. The molecule has 1 N–H and O–H groups in total. The Labute approximate surface area is 302 Å². The van der Waals surface area contributed by atoms with Crippen molar-refractivity contribution in [2.24, 2.45) is 0 Å². The first-order valence-corrected chi connectivity index (χ1v) is 17.4. The number of hydrogen-bond donors (Lipinski definition) is 1. The maximum Gasteiger partial charge on any atom is 0.140 e. The number of benzene rings is 7. The molecule has 0 bridgehead atoms. The van der Waals surface area contributed by atoms with E-state index in [9.17, 15) is 10.4 Å². The van der Waals surface area contributed by atoms with Crippen LogP contribution in [0.15, 0.2) is 127 Å². The maximum absolute atomic E-state index is 11.7. The molecule has 51 heavy (non-hydrogen) atoms. The highest BCUT2D eigenvalue weighted by Crippen LogP contribution is 2.63. The summed E-state index contributed by atoms with van der Waals surface area (Å²) in [4.78, 5) is 0. The summed E-state index contributed by atoms with van der Waals surface area (Å²) < 4.78 is 8.98. The number of rotatable bonds is 2. The van der Waals surface area contributed by atoms with E-state index in [0.29, 0.717) is 33.8 Å². The number of phenols is 1. The van der Waals surface area contributed by atoms with Crippen LogP contribution in [0.3, 0.4) is 0 Å². The van der Waals surface area contributed by atoms with Gasteiger partial charge in [-0.25, -0.2) is 0 Å². The Morgan fingerprint density at radius 1 is 0.588 bits per heavy atom. The van der Waals surface area contributed by atoms with E-state index in [1.807, 2.05) is 48.5 Å². The Kier molecular flexibility index (Phi) is 6.32. The molecule has 1 aliphatic carbocycles. The van der Waals surface area contributed by atoms with Gasteiger partial charge in [-0.05, 0) is 52.1 Å². The quantitative estimate of drug-likeness (QED) is 0.193. The summed E-state index contributed by atoms with van der Waals surface area (Å²) in [7, 11) is 20.7. The zero-order chi connectivity index (χ0) is 34.6. The van der Waals surface area contributed by atoms with Gasteiger partial charge in [-0.1, -0.05) is 120 Å². The molecule has 0 saturated carbocycles. The highest BCUT2D eigenvalue weighted by molar-refractivity contribution is 7.26. The lowest BCUT2D eigenvalue weighted by Crippen LogP contribution is -2.36. The van der Waals surface area contributed by atoms with Crippen LogP contribution in [0.5, 0.6) is 17.2 Å². The SMILES string of the molecule is [B]c1c([B])c(-c2cc(C#N)cc3c2Oc2ccccc2C32c3ccccc3-c3ccccc32)c([B])c(-c2cccc3c2sc2ccccc23)c1O. The van der Waals surface area contributed by atoms with Crippen LogP contribution in [0.2, 0.25) is 0 Å². The third-order valence-electron chi connectivity index (χ3n) is 10.6.